The van der Waals surface area contributed by atoms with E-state index in [9.17, 15) is 22.8 Å². The number of fused-ring (bicyclic) bond motifs is 1. The van der Waals surface area contributed by atoms with Gasteiger partial charge in [0.1, 0.15) is 23.3 Å². The van der Waals surface area contributed by atoms with Crippen molar-refractivity contribution < 1.29 is 27.5 Å². The number of hydrogen-bond donors (Lipinski definition) is 1. The second kappa shape index (κ2) is 11.0. The lowest BCUT2D eigenvalue weighted by Crippen LogP contribution is -2.49. The summed E-state index contributed by atoms with van der Waals surface area (Å²) in [7, 11) is 0. The number of carbonyl (C=O) groups is 2. The molecule has 0 saturated carbocycles. The minimum atomic E-state index is -4.89. The Bertz CT molecular complexity index is 1560. The zero-order valence-corrected chi connectivity index (χ0v) is 22.5. The Kier molecular flexibility index (Phi) is 7.19. The molecule has 11 nitrogen and oxygen atoms in total. The van der Waals surface area contributed by atoms with Gasteiger partial charge in [-0.05, 0) is 25.0 Å². The van der Waals surface area contributed by atoms with Crippen molar-refractivity contribution in [2.75, 3.05) is 44.2 Å². The summed E-state index contributed by atoms with van der Waals surface area (Å²) < 4.78 is 42.4. The van der Waals surface area contributed by atoms with Crippen LogP contribution >= 0.6 is 11.3 Å². The van der Waals surface area contributed by atoms with E-state index in [2.05, 4.69) is 34.6 Å². The van der Waals surface area contributed by atoms with E-state index >= 15 is 0 Å². The number of thiazole rings is 1. The molecule has 0 spiro atoms. The molecule has 41 heavy (non-hydrogen) atoms. The standard InChI is InChI=1S/C26H25F3N8O3S/c27-26(28,29)40-19-4-2-1-3-17(19)24(38)36-7-5-16(6-8-36)23-34-18(13-41-23)25(39)37-11-9-35(10-12-37)22-20-21(31-14-30-20)32-15-33-22/h1-4,13-16H,5-12H2,(H,30,31,32,33). The largest absolute Gasteiger partial charge is 0.573 e. The fourth-order valence-electron chi connectivity index (χ4n) is 5.21. The lowest BCUT2D eigenvalue weighted by molar-refractivity contribution is -0.274. The predicted molar refractivity (Wildman–Crippen MR) is 143 cm³/mol. The van der Waals surface area contributed by atoms with E-state index in [1.807, 2.05) is 0 Å². The van der Waals surface area contributed by atoms with Crippen LogP contribution in [-0.4, -0.2) is 92.2 Å². The number of H-pyrrole nitrogens is 1. The molecule has 2 saturated heterocycles. The van der Waals surface area contributed by atoms with E-state index < -0.39 is 18.0 Å². The number of aromatic nitrogens is 5. The SMILES string of the molecule is O=C(c1csc(C2CCN(C(=O)c3ccccc3OC(F)(F)F)CC2)n1)N1CCN(c2ncnc3nc[nH]c23)CC1. The number of nitrogens with one attached hydrogen (secondary N) is 1. The van der Waals surface area contributed by atoms with Crippen molar-refractivity contribution in [1.29, 1.82) is 0 Å². The van der Waals surface area contributed by atoms with Crippen LogP contribution in [0.5, 0.6) is 5.75 Å². The number of likely N-dealkylation sites (tertiary alicyclic amines) is 1. The van der Waals surface area contributed by atoms with Gasteiger partial charge >= 0.3 is 6.36 Å². The maximum atomic E-state index is 13.2. The van der Waals surface area contributed by atoms with Gasteiger partial charge in [-0.1, -0.05) is 12.1 Å². The number of benzene rings is 1. The minimum Gasteiger partial charge on any atom is -0.405 e. The van der Waals surface area contributed by atoms with Gasteiger partial charge in [0, 0.05) is 50.6 Å². The average Bonchev–Trinajstić information content (AvgIpc) is 3.67. The van der Waals surface area contributed by atoms with Crippen molar-refractivity contribution in [1.82, 2.24) is 34.7 Å². The number of halogens is 3. The number of carbonyl (C=O) groups excluding carboxylic acids is 2. The Morgan fingerprint density at radius 2 is 1.68 bits per heavy atom. The van der Waals surface area contributed by atoms with Gasteiger partial charge in [-0.25, -0.2) is 19.9 Å². The first-order chi connectivity index (χ1) is 19.8. The highest BCUT2D eigenvalue weighted by Gasteiger charge is 2.34. The van der Waals surface area contributed by atoms with Crippen LogP contribution in [0.25, 0.3) is 11.2 Å². The smallest absolute Gasteiger partial charge is 0.405 e. The van der Waals surface area contributed by atoms with Gasteiger partial charge in [-0.15, -0.1) is 24.5 Å². The van der Waals surface area contributed by atoms with E-state index in [0.29, 0.717) is 63.5 Å². The van der Waals surface area contributed by atoms with Crippen LogP contribution in [0.1, 0.15) is 44.6 Å². The molecule has 2 aliphatic rings. The molecule has 1 N–H and O–H groups in total. The lowest BCUT2D eigenvalue weighted by atomic mass is 9.97. The number of aromatic amines is 1. The van der Waals surface area contributed by atoms with Crippen LogP contribution in [0.2, 0.25) is 0 Å². The number of piperidine rings is 1. The molecule has 0 radical (unpaired) electrons. The predicted octanol–water partition coefficient (Wildman–Crippen LogP) is 3.69. The van der Waals surface area contributed by atoms with Crippen LogP contribution in [0, 0.1) is 0 Å². The maximum Gasteiger partial charge on any atom is 0.573 e. The molecular weight excluding hydrogens is 561 g/mol. The number of ether oxygens (including phenoxy) is 1. The number of nitrogens with zero attached hydrogens (tertiary/aromatic N) is 7. The van der Waals surface area contributed by atoms with E-state index in [4.69, 9.17) is 0 Å². The van der Waals surface area contributed by atoms with Gasteiger partial charge in [-0.2, -0.15) is 0 Å². The van der Waals surface area contributed by atoms with Crippen LogP contribution < -0.4 is 9.64 Å². The van der Waals surface area contributed by atoms with E-state index in [0.717, 1.165) is 22.4 Å². The fourth-order valence-corrected chi connectivity index (χ4v) is 6.17. The third-order valence-electron chi connectivity index (χ3n) is 7.29. The number of rotatable bonds is 5. The quantitative estimate of drug-likeness (QED) is 0.376. The van der Waals surface area contributed by atoms with Crippen molar-refractivity contribution in [3.05, 3.63) is 58.6 Å². The van der Waals surface area contributed by atoms with E-state index in [-0.39, 0.29) is 17.4 Å². The van der Waals surface area contributed by atoms with Crippen LogP contribution in [0.4, 0.5) is 19.0 Å². The van der Waals surface area contributed by atoms with Gasteiger partial charge in [0.2, 0.25) is 0 Å². The summed E-state index contributed by atoms with van der Waals surface area (Å²) in [6.45, 7) is 2.98. The third-order valence-corrected chi connectivity index (χ3v) is 8.29. The monoisotopic (exact) mass is 586 g/mol. The van der Waals surface area contributed by atoms with Crippen molar-refractivity contribution in [2.45, 2.75) is 25.1 Å². The Labute approximate surface area is 236 Å². The van der Waals surface area contributed by atoms with Gasteiger partial charge in [-0.3, -0.25) is 9.59 Å². The molecule has 4 aromatic rings. The number of imidazole rings is 1. The molecule has 2 fully saturated rings. The van der Waals surface area contributed by atoms with E-state index in [1.165, 1.54) is 40.8 Å². The zero-order valence-electron chi connectivity index (χ0n) is 21.7. The summed E-state index contributed by atoms with van der Waals surface area (Å²) in [4.78, 5) is 52.0. The summed E-state index contributed by atoms with van der Waals surface area (Å²) >= 11 is 1.42. The molecule has 6 rings (SSSR count). The number of amides is 2. The van der Waals surface area contributed by atoms with Crippen LogP contribution in [0.15, 0.2) is 42.3 Å². The third kappa shape index (κ3) is 5.66. The minimum absolute atomic E-state index is 0.0543. The van der Waals surface area contributed by atoms with Gasteiger partial charge in [0.05, 0.1) is 16.9 Å². The Morgan fingerprint density at radius 3 is 2.44 bits per heavy atom. The normalized spacial score (nSPS) is 16.8. The topological polar surface area (TPSA) is 120 Å². The summed E-state index contributed by atoms with van der Waals surface area (Å²) in [5, 5.41) is 2.59. The summed E-state index contributed by atoms with van der Waals surface area (Å²) in [5.41, 5.74) is 1.63. The molecule has 0 atom stereocenters. The van der Waals surface area contributed by atoms with Gasteiger partial charge in [0.15, 0.2) is 11.5 Å². The number of anilines is 1. The molecule has 0 aliphatic carbocycles. The van der Waals surface area contributed by atoms with Crippen molar-refractivity contribution in [3.63, 3.8) is 0 Å². The average molecular weight is 587 g/mol. The molecular formula is C26H25F3N8O3S. The molecule has 5 heterocycles. The van der Waals surface area contributed by atoms with Crippen molar-refractivity contribution in [2.24, 2.45) is 0 Å². The first-order valence-corrected chi connectivity index (χ1v) is 13.9. The van der Waals surface area contributed by atoms with Crippen molar-refractivity contribution >= 4 is 40.1 Å². The highest BCUT2D eigenvalue weighted by atomic mass is 32.1. The molecule has 2 aliphatic heterocycles. The number of piperazine rings is 1. The van der Waals surface area contributed by atoms with E-state index in [1.54, 1.807) is 16.6 Å². The zero-order chi connectivity index (χ0) is 28.6. The molecule has 0 unspecified atom stereocenters. The molecule has 0 bridgehead atoms. The van der Waals surface area contributed by atoms with Crippen LogP contribution in [-0.2, 0) is 0 Å². The summed E-state index contributed by atoms with van der Waals surface area (Å²) in [6.07, 6.45) is -0.643. The lowest BCUT2D eigenvalue weighted by Gasteiger charge is -2.35. The second-order valence-electron chi connectivity index (χ2n) is 9.76. The Balaban J connectivity index is 1.04. The second-order valence-corrected chi connectivity index (χ2v) is 10.6. The molecule has 3 aromatic heterocycles. The Hall–Kier alpha value is -4.27. The Morgan fingerprint density at radius 1 is 0.951 bits per heavy atom. The highest BCUT2D eigenvalue weighted by Crippen LogP contribution is 2.33. The first kappa shape index (κ1) is 26.9. The number of hydrogen-bond acceptors (Lipinski definition) is 9. The van der Waals surface area contributed by atoms with Crippen molar-refractivity contribution in [3.8, 4) is 5.75 Å². The molecule has 15 heteroatoms. The summed E-state index contributed by atoms with van der Waals surface area (Å²) in [5.74, 6) is -0.332. The summed E-state index contributed by atoms with van der Waals surface area (Å²) in [6, 6.07) is 5.36. The molecule has 2 amide bonds. The molecule has 1 aromatic carbocycles. The first-order valence-electron chi connectivity index (χ1n) is 13.0. The highest BCUT2D eigenvalue weighted by molar-refractivity contribution is 7.09. The maximum absolute atomic E-state index is 13.2. The molecule has 214 valence electrons. The fraction of sp³-hybridized carbons (Fsp3) is 0.385. The van der Waals surface area contributed by atoms with Crippen LogP contribution in [0.3, 0.4) is 0 Å². The number of alkyl halides is 3. The number of para-hydroxylation sites is 1. The van der Waals surface area contributed by atoms with Gasteiger partial charge in [0.25, 0.3) is 11.8 Å². The van der Waals surface area contributed by atoms with Gasteiger partial charge < -0.3 is 24.4 Å².